The maximum absolute atomic E-state index is 6.04. The topological polar surface area (TPSA) is 30.5 Å². The molecule has 2 aromatic rings. The van der Waals surface area contributed by atoms with Crippen LogP contribution in [0.4, 0.5) is 5.69 Å². The Morgan fingerprint density at radius 1 is 1.00 bits per heavy atom. The third-order valence-corrected chi connectivity index (χ3v) is 4.28. The van der Waals surface area contributed by atoms with Gasteiger partial charge >= 0.3 is 0 Å². The molecule has 0 saturated heterocycles. The third kappa shape index (κ3) is 6.29. The van der Waals surface area contributed by atoms with E-state index in [0.717, 1.165) is 43.2 Å². The summed E-state index contributed by atoms with van der Waals surface area (Å²) in [6.45, 7) is 12.4. The molecule has 0 aliphatic rings. The molecule has 3 heteroatoms. The van der Waals surface area contributed by atoms with E-state index in [1.54, 1.807) is 0 Å². The van der Waals surface area contributed by atoms with Crippen molar-refractivity contribution in [2.75, 3.05) is 18.5 Å². The van der Waals surface area contributed by atoms with Crippen molar-refractivity contribution >= 4 is 5.69 Å². The zero-order chi connectivity index (χ0) is 19.0. The van der Waals surface area contributed by atoms with Crippen molar-refractivity contribution in [3.63, 3.8) is 0 Å². The van der Waals surface area contributed by atoms with Crippen molar-refractivity contribution in [1.29, 1.82) is 0 Å². The lowest BCUT2D eigenvalue weighted by molar-refractivity contribution is 0.234. The first kappa shape index (κ1) is 20.2. The Hall–Kier alpha value is -2.16. The van der Waals surface area contributed by atoms with Gasteiger partial charge in [-0.05, 0) is 48.6 Å². The second kappa shape index (κ2) is 9.51. The molecule has 0 amide bonds. The Bertz CT molecular complexity index is 659. The van der Waals surface area contributed by atoms with E-state index >= 15 is 0 Å². The van der Waals surface area contributed by atoms with Crippen LogP contribution in [0.15, 0.2) is 48.5 Å². The van der Waals surface area contributed by atoms with Crippen molar-refractivity contribution in [2.24, 2.45) is 0 Å². The summed E-state index contributed by atoms with van der Waals surface area (Å²) in [5.41, 5.74) is 2.49. The van der Waals surface area contributed by atoms with Gasteiger partial charge in [-0.1, -0.05) is 58.4 Å². The number of unbranched alkanes of at least 4 members (excludes halogenated alkanes) is 1. The van der Waals surface area contributed by atoms with Crippen LogP contribution < -0.4 is 14.8 Å². The second-order valence-corrected chi connectivity index (χ2v) is 7.78. The van der Waals surface area contributed by atoms with E-state index in [-0.39, 0.29) is 11.5 Å². The largest absolute Gasteiger partial charge is 0.491 e. The molecule has 0 heterocycles. The first-order chi connectivity index (χ1) is 12.4. The highest BCUT2D eigenvalue weighted by Crippen LogP contribution is 2.26. The minimum absolute atomic E-state index is 0.0548. The SMILES string of the molecule is CCCCOc1ccccc1NCC(C)Oc1ccc(C(C)(C)C)cc1. The Balaban J connectivity index is 1.88. The molecule has 0 saturated carbocycles. The second-order valence-electron chi connectivity index (χ2n) is 7.78. The number of ether oxygens (including phenoxy) is 2. The summed E-state index contributed by atoms with van der Waals surface area (Å²) in [6.07, 6.45) is 2.26. The summed E-state index contributed by atoms with van der Waals surface area (Å²) in [6, 6.07) is 16.5. The van der Waals surface area contributed by atoms with Gasteiger partial charge in [0.05, 0.1) is 18.8 Å². The Morgan fingerprint density at radius 2 is 1.69 bits per heavy atom. The normalized spacial score (nSPS) is 12.5. The number of para-hydroxylation sites is 2. The molecular formula is C23H33NO2. The summed E-state index contributed by atoms with van der Waals surface area (Å²) in [7, 11) is 0. The maximum atomic E-state index is 6.04. The van der Waals surface area contributed by atoms with Gasteiger partial charge in [0.25, 0.3) is 0 Å². The number of anilines is 1. The zero-order valence-electron chi connectivity index (χ0n) is 16.8. The third-order valence-electron chi connectivity index (χ3n) is 4.28. The van der Waals surface area contributed by atoms with Crippen LogP contribution in [0.1, 0.15) is 53.0 Å². The van der Waals surface area contributed by atoms with E-state index in [4.69, 9.17) is 9.47 Å². The number of hydrogen-bond donors (Lipinski definition) is 1. The highest BCUT2D eigenvalue weighted by molar-refractivity contribution is 5.56. The van der Waals surface area contributed by atoms with Crippen molar-refractivity contribution in [3.8, 4) is 11.5 Å². The highest BCUT2D eigenvalue weighted by Gasteiger charge is 2.13. The molecule has 1 N–H and O–H groups in total. The smallest absolute Gasteiger partial charge is 0.142 e. The molecule has 1 atom stereocenters. The summed E-state index contributed by atoms with van der Waals surface area (Å²) in [4.78, 5) is 0. The zero-order valence-corrected chi connectivity index (χ0v) is 16.8. The molecule has 142 valence electrons. The predicted octanol–water partition coefficient (Wildman–Crippen LogP) is 6.04. The number of benzene rings is 2. The molecular weight excluding hydrogens is 322 g/mol. The van der Waals surface area contributed by atoms with E-state index in [0.29, 0.717) is 0 Å². The van der Waals surface area contributed by atoms with Gasteiger partial charge in [-0.25, -0.2) is 0 Å². The van der Waals surface area contributed by atoms with Crippen LogP contribution in [0, 0.1) is 0 Å². The molecule has 0 spiro atoms. The summed E-state index contributed by atoms with van der Waals surface area (Å²) < 4.78 is 11.9. The molecule has 0 radical (unpaired) electrons. The van der Waals surface area contributed by atoms with E-state index in [2.05, 4.69) is 64.2 Å². The lowest BCUT2D eigenvalue weighted by atomic mass is 9.87. The van der Waals surface area contributed by atoms with Gasteiger partial charge in [0.2, 0.25) is 0 Å². The monoisotopic (exact) mass is 355 g/mol. The fourth-order valence-corrected chi connectivity index (χ4v) is 2.63. The molecule has 0 fully saturated rings. The van der Waals surface area contributed by atoms with Gasteiger partial charge in [-0.2, -0.15) is 0 Å². The molecule has 1 unspecified atom stereocenters. The molecule has 2 rings (SSSR count). The van der Waals surface area contributed by atoms with Crippen molar-refractivity contribution in [2.45, 2.75) is 59.0 Å². The maximum Gasteiger partial charge on any atom is 0.142 e. The Labute approximate surface area is 158 Å². The van der Waals surface area contributed by atoms with Crippen molar-refractivity contribution in [1.82, 2.24) is 0 Å². The minimum atomic E-state index is 0.0548. The Kier molecular flexibility index (Phi) is 7.38. The fraction of sp³-hybridized carbons (Fsp3) is 0.478. The van der Waals surface area contributed by atoms with E-state index in [9.17, 15) is 0 Å². The molecule has 0 aliphatic carbocycles. The molecule has 26 heavy (non-hydrogen) atoms. The van der Waals surface area contributed by atoms with E-state index in [1.807, 2.05) is 24.3 Å². The van der Waals surface area contributed by atoms with Crippen LogP contribution >= 0.6 is 0 Å². The van der Waals surface area contributed by atoms with Crippen LogP contribution in [0.25, 0.3) is 0 Å². The summed E-state index contributed by atoms with van der Waals surface area (Å²) >= 11 is 0. The average molecular weight is 356 g/mol. The van der Waals surface area contributed by atoms with Crippen LogP contribution in [0.5, 0.6) is 11.5 Å². The quantitative estimate of drug-likeness (QED) is 0.556. The number of hydrogen-bond acceptors (Lipinski definition) is 3. The Morgan fingerprint density at radius 3 is 2.35 bits per heavy atom. The van der Waals surface area contributed by atoms with Gasteiger partial charge < -0.3 is 14.8 Å². The summed E-state index contributed by atoms with van der Waals surface area (Å²) in [5, 5.41) is 3.45. The average Bonchev–Trinajstić information content (AvgIpc) is 2.61. The first-order valence-electron chi connectivity index (χ1n) is 9.63. The molecule has 0 aromatic heterocycles. The number of rotatable bonds is 9. The first-order valence-corrected chi connectivity index (χ1v) is 9.63. The van der Waals surface area contributed by atoms with Crippen LogP contribution in [0.3, 0.4) is 0 Å². The van der Waals surface area contributed by atoms with Crippen LogP contribution in [0.2, 0.25) is 0 Å². The van der Waals surface area contributed by atoms with Gasteiger partial charge in [-0.3, -0.25) is 0 Å². The molecule has 2 aromatic carbocycles. The van der Waals surface area contributed by atoms with Gasteiger partial charge in [0, 0.05) is 0 Å². The number of nitrogens with one attached hydrogen (secondary N) is 1. The minimum Gasteiger partial charge on any atom is -0.491 e. The van der Waals surface area contributed by atoms with E-state index < -0.39 is 0 Å². The highest BCUT2D eigenvalue weighted by atomic mass is 16.5. The van der Waals surface area contributed by atoms with Crippen LogP contribution in [-0.4, -0.2) is 19.3 Å². The standard InChI is InChI=1S/C23H33NO2/c1-6-7-16-25-22-11-9-8-10-21(22)24-17-18(2)26-20-14-12-19(13-15-20)23(3,4)5/h8-15,18,24H,6-7,16-17H2,1-5H3. The van der Waals surface area contributed by atoms with Crippen molar-refractivity contribution < 1.29 is 9.47 Å². The van der Waals surface area contributed by atoms with Crippen LogP contribution in [-0.2, 0) is 5.41 Å². The summed E-state index contributed by atoms with van der Waals surface area (Å²) in [5.74, 6) is 1.81. The predicted molar refractivity (Wildman–Crippen MR) is 111 cm³/mol. The lowest BCUT2D eigenvalue weighted by Gasteiger charge is -2.21. The van der Waals surface area contributed by atoms with Gasteiger partial charge in [0.1, 0.15) is 17.6 Å². The fourth-order valence-electron chi connectivity index (χ4n) is 2.63. The van der Waals surface area contributed by atoms with Gasteiger partial charge in [0.15, 0.2) is 0 Å². The van der Waals surface area contributed by atoms with Crippen molar-refractivity contribution in [3.05, 3.63) is 54.1 Å². The lowest BCUT2D eigenvalue weighted by Crippen LogP contribution is -2.23. The molecule has 3 nitrogen and oxygen atoms in total. The molecule has 0 aliphatic heterocycles. The van der Waals surface area contributed by atoms with Gasteiger partial charge in [-0.15, -0.1) is 0 Å². The molecule has 0 bridgehead atoms. The van der Waals surface area contributed by atoms with E-state index in [1.165, 1.54) is 5.56 Å².